The highest BCUT2D eigenvalue weighted by Gasteiger charge is 2.57. The van der Waals surface area contributed by atoms with Crippen LogP contribution in [0.15, 0.2) is 23.0 Å². The summed E-state index contributed by atoms with van der Waals surface area (Å²) in [6.45, 7) is 28.3. The maximum Gasteiger partial charge on any atom is 0.337 e. The van der Waals surface area contributed by atoms with Crippen LogP contribution in [0.5, 0.6) is 0 Å². The van der Waals surface area contributed by atoms with E-state index in [0.717, 1.165) is 31.4 Å². The highest BCUT2D eigenvalue weighted by atomic mass is 28.4. The van der Waals surface area contributed by atoms with Gasteiger partial charge in [-0.25, -0.2) is 4.79 Å². The number of carbonyl (C=O) groups is 1. The van der Waals surface area contributed by atoms with E-state index >= 15 is 0 Å². The molecule has 6 nitrogen and oxygen atoms in total. The van der Waals surface area contributed by atoms with Gasteiger partial charge < -0.3 is 23.1 Å². The molecular formula is C35H64O6Si2. The molecule has 0 saturated heterocycles. The van der Waals surface area contributed by atoms with Gasteiger partial charge in [-0.15, -0.1) is 0 Å². The third-order valence-corrected chi connectivity index (χ3v) is 22.3. The summed E-state index contributed by atoms with van der Waals surface area (Å²) in [6.07, 6.45) is 7.89. The second-order valence-electron chi connectivity index (χ2n) is 16.2. The van der Waals surface area contributed by atoms with E-state index in [2.05, 4.69) is 88.4 Å². The Morgan fingerprint density at radius 2 is 1.63 bits per heavy atom. The van der Waals surface area contributed by atoms with Gasteiger partial charge in [0.15, 0.2) is 0 Å². The average Bonchev–Trinajstić information content (AvgIpc) is 3.08. The summed E-state index contributed by atoms with van der Waals surface area (Å²) in [7, 11) is -1.23. The number of hydrogen-bond acceptors (Lipinski definition) is 6. The van der Waals surface area contributed by atoms with Gasteiger partial charge >= 0.3 is 5.97 Å². The van der Waals surface area contributed by atoms with Crippen LogP contribution in [0.3, 0.4) is 0 Å². The lowest BCUT2D eigenvalue weighted by Crippen LogP contribution is -2.58. The zero-order valence-corrected chi connectivity index (χ0v) is 32.0. The van der Waals surface area contributed by atoms with Gasteiger partial charge in [0, 0.05) is 20.0 Å². The van der Waals surface area contributed by atoms with E-state index in [0.29, 0.717) is 47.7 Å². The molecule has 0 aliphatic heterocycles. The molecule has 248 valence electrons. The summed E-state index contributed by atoms with van der Waals surface area (Å²) in [5.41, 5.74) is 3.43. The first-order valence-corrected chi connectivity index (χ1v) is 21.9. The third-order valence-electron chi connectivity index (χ3n) is 11.8. The summed E-state index contributed by atoms with van der Waals surface area (Å²) < 4.78 is 32.0. The Morgan fingerprint density at radius 1 is 1.02 bits per heavy atom. The van der Waals surface area contributed by atoms with Crippen LogP contribution in [0.25, 0.3) is 0 Å². The van der Waals surface area contributed by atoms with Gasteiger partial charge in [0.05, 0.1) is 30.6 Å². The van der Waals surface area contributed by atoms with E-state index in [1.165, 1.54) is 12.7 Å². The molecule has 0 unspecified atom stereocenters. The minimum Gasteiger partial charge on any atom is -0.546 e. The van der Waals surface area contributed by atoms with Gasteiger partial charge in [0.1, 0.15) is 6.79 Å². The summed E-state index contributed by atoms with van der Waals surface area (Å²) >= 11 is 0. The van der Waals surface area contributed by atoms with Gasteiger partial charge in [-0.05, 0) is 76.8 Å². The molecule has 8 heteroatoms. The Bertz CT molecular complexity index is 1020. The van der Waals surface area contributed by atoms with Gasteiger partial charge in [0.25, 0.3) is 0 Å². The molecule has 0 aromatic heterocycles. The standard InChI is InChI=1S/C35H64O6Si2/c1-23(2)43(24(3)4,25(5)6)41-31-21-35(10)29(16-15-17-32(35)39-22-37-11)28-20-30(40-42(13,14)34(7,8)9)27(33(36)38-12)19-18-26(28)31/h18,23-25,28-29,31-32H,15-17,19-22H2,1-14H3/t28-,29-,31-,32+,35+/m1/s1. The predicted molar refractivity (Wildman–Crippen MR) is 181 cm³/mol. The van der Waals surface area contributed by atoms with Gasteiger partial charge in [-0.2, -0.15) is 0 Å². The molecule has 3 rings (SSSR count). The Hall–Kier alpha value is -0.936. The van der Waals surface area contributed by atoms with Crippen LogP contribution in [-0.4, -0.2) is 55.8 Å². The van der Waals surface area contributed by atoms with Crippen LogP contribution in [0.4, 0.5) is 0 Å². The van der Waals surface area contributed by atoms with E-state index in [9.17, 15) is 4.79 Å². The molecule has 43 heavy (non-hydrogen) atoms. The maximum atomic E-state index is 13.3. The van der Waals surface area contributed by atoms with E-state index in [1.807, 2.05) is 0 Å². The molecule has 0 heterocycles. The number of hydrogen-bond donors (Lipinski definition) is 0. The number of rotatable bonds is 11. The van der Waals surface area contributed by atoms with Crippen molar-refractivity contribution in [3.8, 4) is 0 Å². The van der Waals surface area contributed by atoms with Crippen LogP contribution in [0.2, 0.25) is 34.8 Å². The molecule has 0 amide bonds. The zero-order valence-electron chi connectivity index (χ0n) is 30.0. The average molecular weight is 637 g/mol. The highest BCUT2D eigenvalue weighted by Crippen LogP contribution is 2.59. The second-order valence-corrected chi connectivity index (χ2v) is 26.3. The fourth-order valence-electron chi connectivity index (χ4n) is 8.63. The third kappa shape index (κ3) is 7.08. The maximum absolute atomic E-state index is 13.3. The second kappa shape index (κ2) is 13.8. The smallest absolute Gasteiger partial charge is 0.337 e. The van der Waals surface area contributed by atoms with Crippen molar-refractivity contribution in [2.45, 2.75) is 155 Å². The monoisotopic (exact) mass is 636 g/mol. The van der Waals surface area contributed by atoms with Crippen molar-refractivity contribution in [2.24, 2.45) is 17.3 Å². The van der Waals surface area contributed by atoms with E-state index in [1.54, 1.807) is 7.11 Å². The lowest BCUT2D eigenvalue weighted by atomic mass is 9.53. The lowest BCUT2D eigenvalue weighted by Gasteiger charge is -2.58. The predicted octanol–water partition coefficient (Wildman–Crippen LogP) is 9.53. The summed E-state index contributed by atoms with van der Waals surface area (Å²) in [6, 6.07) is 0. The van der Waals surface area contributed by atoms with Gasteiger partial charge in [-0.3, -0.25) is 0 Å². The Balaban J connectivity index is 2.20. The normalized spacial score (nSPS) is 28.9. The van der Waals surface area contributed by atoms with Crippen molar-refractivity contribution in [1.82, 2.24) is 0 Å². The first kappa shape index (κ1) is 36.5. The van der Waals surface area contributed by atoms with Gasteiger partial charge in [0.2, 0.25) is 16.6 Å². The topological polar surface area (TPSA) is 63.2 Å². The molecule has 3 aliphatic rings. The molecule has 5 atom stereocenters. The zero-order chi connectivity index (χ0) is 32.5. The van der Waals surface area contributed by atoms with Crippen LogP contribution in [0.1, 0.15) is 108 Å². The van der Waals surface area contributed by atoms with Crippen molar-refractivity contribution in [2.75, 3.05) is 21.0 Å². The summed E-state index contributed by atoms with van der Waals surface area (Å²) in [5.74, 6) is 1.19. The molecule has 0 N–H and O–H groups in total. The molecule has 2 fully saturated rings. The minimum absolute atomic E-state index is 0.0111. The van der Waals surface area contributed by atoms with Crippen LogP contribution in [-0.2, 0) is 27.9 Å². The number of methoxy groups -OCH3 is 2. The number of allylic oxidation sites excluding steroid dienone is 2. The molecule has 0 aromatic rings. The molecule has 0 aromatic carbocycles. The molecule has 3 aliphatic carbocycles. The highest BCUT2D eigenvalue weighted by molar-refractivity contribution is 6.77. The van der Waals surface area contributed by atoms with Crippen LogP contribution < -0.4 is 0 Å². The number of esters is 1. The quantitative estimate of drug-likeness (QED) is 0.0974. The first-order chi connectivity index (χ1) is 19.9. The number of ether oxygens (including phenoxy) is 3. The minimum atomic E-state index is -2.22. The van der Waals surface area contributed by atoms with Crippen LogP contribution in [0, 0.1) is 17.3 Å². The van der Waals surface area contributed by atoms with Crippen LogP contribution >= 0.6 is 0 Å². The molecule has 0 spiro atoms. The number of carbonyl (C=O) groups excluding carboxylic acids is 1. The summed E-state index contributed by atoms with van der Waals surface area (Å²) in [4.78, 5) is 13.3. The Morgan fingerprint density at radius 3 is 2.14 bits per heavy atom. The fraction of sp³-hybridized carbons (Fsp3) is 0.857. The van der Waals surface area contributed by atoms with E-state index < -0.39 is 16.6 Å². The lowest BCUT2D eigenvalue weighted by molar-refractivity contribution is -0.168. The van der Waals surface area contributed by atoms with Crippen molar-refractivity contribution >= 4 is 22.6 Å². The molecule has 0 bridgehead atoms. The van der Waals surface area contributed by atoms with Crippen molar-refractivity contribution in [3.05, 3.63) is 23.0 Å². The Kier molecular flexibility index (Phi) is 11.7. The van der Waals surface area contributed by atoms with E-state index in [-0.39, 0.29) is 34.5 Å². The molecule has 0 radical (unpaired) electrons. The first-order valence-electron chi connectivity index (χ1n) is 16.8. The fourth-order valence-corrected chi connectivity index (χ4v) is 15.3. The molecule has 2 saturated carbocycles. The Labute approximate surface area is 265 Å². The van der Waals surface area contributed by atoms with Gasteiger partial charge in [-0.1, -0.05) is 81.7 Å². The number of fused-ring (bicyclic) bond motifs is 3. The van der Waals surface area contributed by atoms with Crippen molar-refractivity contribution in [3.63, 3.8) is 0 Å². The van der Waals surface area contributed by atoms with E-state index in [4.69, 9.17) is 23.1 Å². The summed E-state index contributed by atoms with van der Waals surface area (Å²) in [5, 5.41) is 0.0113. The largest absolute Gasteiger partial charge is 0.546 e. The van der Waals surface area contributed by atoms with Crippen molar-refractivity contribution < 1.29 is 27.9 Å². The van der Waals surface area contributed by atoms with Crippen molar-refractivity contribution in [1.29, 1.82) is 0 Å². The molecular weight excluding hydrogens is 573 g/mol. The SMILES string of the molecule is COCO[C@H]1CCC[C@@H]2[C@@H]3CC(O[Si](C)(C)C(C)(C)C)=C(C(=O)OC)CC=C3[C@H](O[Si](C(C)C)(C(C)C)C(C)C)C[C@]12C.